The summed E-state index contributed by atoms with van der Waals surface area (Å²) in [5.41, 5.74) is 0. The van der Waals surface area contributed by atoms with Crippen LogP contribution < -0.4 is 0 Å². The van der Waals surface area contributed by atoms with Crippen LogP contribution in [0.3, 0.4) is 0 Å². The van der Waals surface area contributed by atoms with Crippen LogP contribution in [0.2, 0.25) is 0 Å². The van der Waals surface area contributed by atoms with E-state index in [1.165, 1.54) is 24.9 Å². The van der Waals surface area contributed by atoms with Crippen molar-refractivity contribution in [2.75, 3.05) is 0 Å². The van der Waals surface area contributed by atoms with Crippen LogP contribution in [0.5, 0.6) is 0 Å². The summed E-state index contributed by atoms with van der Waals surface area (Å²) in [7, 11) is 0. The summed E-state index contributed by atoms with van der Waals surface area (Å²) in [4.78, 5) is 0. The van der Waals surface area contributed by atoms with Gasteiger partial charge in [0.25, 0.3) is 0 Å². The molecule has 0 amide bonds. The van der Waals surface area contributed by atoms with E-state index < -0.39 is 0 Å². The zero-order valence-electron chi connectivity index (χ0n) is 9.13. The van der Waals surface area contributed by atoms with Crippen molar-refractivity contribution in [2.24, 2.45) is 0 Å². The first-order valence-corrected chi connectivity index (χ1v) is 4.93. The molecule has 15 heavy (non-hydrogen) atoms. The van der Waals surface area contributed by atoms with Crippen LogP contribution in [-0.4, -0.2) is 0 Å². The summed E-state index contributed by atoms with van der Waals surface area (Å²) >= 11 is 2.59. The monoisotopic (exact) mass is 290 g/mol. The second-order valence-electron chi connectivity index (χ2n) is 1.90. The first kappa shape index (κ1) is 19.2. The number of nitriles is 3. The van der Waals surface area contributed by atoms with Gasteiger partial charge in [0.2, 0.25) is 0 Å². The zero-order chi connectivity index (χ0) is 12.5. The Morgan fingerprint density at radius 3 is 1.47 bits per heavy atom. The molecule has 0 heterocycles. The predicted molar refractivity (Wildman–Crippen MR) is 55.7 cm³/mol. The van der Waals surface area contributed by atoms with E-state index >= 15 is 0 Å². The van der Waals surface area contributed by atoms with Crippen LogP contribution in [-0.2, 0) is 18.3 Å². The van der Waals surface area contributed by atoms with Gasteiger partial charge in [0.05, 0.1) is 18.2 Å². The predicted octanol–water partition coefficient (Wildman–Crippen LogP) is 2.97. The standard InChI is InChI=1S/C5H5.3C2H3N.Ru/c1-2-4-5-3-1;3*1-2-3;/h1-3H,4H2;3*1H3;. The van der Waals surface area contributed by atoms with Gasteiger partial charge in [-0.05, 0) is 0 Å². The van der Waals surface area contributed by atoms with Crippen LogP contribution in [0, 0.1) is 34.0 Å². The molecule has 0 aliphatic heterocycles. The molecular formula is C11H14N3Ru. The Morgan fingerprint density at radius 2 is 1.40 bits per heavy atom. The molecule has 0 bridgehead atoms. The van der Waals surface area contributed by atoms with Gasteiger partial charge < -0.3 is 0 Å². The summed E-state index contributed by atoms with van der Waals surface area (Å²) in [6.07, 6.45) is 7.46. The molecule has 81 valence electrons. The maximum atomic E-state index is 7.32. The van der Waals surface area contributed by atoms with Crippen molar-refractivity contribution in [1.29, 1.82) is 15.8 Å². The molecule has 0 aromatic carbocycles. The summed E-state index contributed by atoms with van der Waals surface area (Å²) < 4.78 is 1.40. The third kappa shape index (κ3) is 45.3. The quantitative estimate of drug-likeness (QED) is 0.644. The first-order valence-electron chi connectivity index (χ1n) is 4.06. The Bertz CT molecular complexity index is 269. The molecule has 0 atom stereocenters. The molecule has 1 aliphatic rings. The number of hydrogen-bond donors (Lipinski definition) is 0. The summed E-state index contributed by atoms with van der Waals surface area (Å²) in [5, 5.41) is 22.0. The van der Waals surface area contributed by atoms with Gasteiger partial charge >= 0.3 is 47.1 Å². The van der Waals surface area contributed by atoms with Gasteiger partial charge in [-0.2, -0.15) is 15.8 Å². The molecule has 0 fully saturated rings. The van der Waals surface area contributed by atoms with E-state index in [0.717, 1.165) is 6.42 Å². The normalized spacial score (nSPS) is 9.00. The van der Waals surface area contributed by atoms with Gasteiger partial charge in [-0.15, -0.1) is 0 Å². The minimum absolute atomic E-state index is 1.14. The fourth-order valence-electron chi connectivity index (χ4n) is 0.416. The van der Waals surface area contributed by atoms with Crippen molar-refractivity contribution in [3.63, 3.8) is 0 Å². The fourth-order valence-corrected chi connectivity index (χ4v) is 0.788. The minimum atomic E-state index is 1.14. The van der Waals surface area contributed by atoms with Gasteiger partial charge in [0.15, 0.2) is 0 Å². The topological polar surface area (TPSA) is 71.4 Å². The molecule has 0 radical (unpaired) electrons. The van der Waals surface area contributed by atoms with Crippen LogP contribution in [0.4, 0.5) is 0 Å². The summed E-state index contributed by atoms with van der Waals surface area (Å²) in [5.74, 6) is 0. The molecule has 0 unspecified atom stereocenters. The molecule has 3 nitrogen and oxygen atoms in total. The molecule has 0 aromatic heterocycles. The van der Waals surface area contributed by atoms with Crippen LogP contribution in [0.25, 0.3) is 0 Å². The second-order valence-corrected chi connectivity index (χ2v) is 3.02. The number of hydrogen-bond acceptors (Lipinski definition) is 3. The van der Waals surface area contributed by atoms with Crippen molar-refractivity contribution >= 4 is 0 Å². The molecule has 0 saturated heterocycles. The van der Waals surface area contributed by atoms with Crippen molar-refractivity contribution in [1.82, 2.24) is 0 Å². The Morgan fingerprint density at radius 1 is 1.07 bits per heavy atom. The summed E-state index contributed by atoms with van der Waals surface area (Å²) in [6, 6.07) is 5.25. The fraction of sp³-hybridized carbons (Fsp3) is 0.364. The van der Waals surface area contributed by atoms with Gasteiger partial charge in [-0.25, -0.2) is 0 Å². The van der Waals surface area contributed by atoms with E-state index in [-0.39, 0.29) is 0 Å². The number of allylic oxidation sites excluding steroid dienone is 4. The van der Waals surface area contributed by atoms with Crippen molar-refractivity contribution in [2.45, 2.75) is 27.2 Å². The number of nitrogens with zero attached hydrogens (tertiary/aromatic N) is 3. The molecule has 0 spiro atoms. The van der Waals surface area contributed by atoms with Gasteiger partial charge in [-0.3, -0.25) is 0 Å². The molecular weight excluding hydrogens is 275 g/mol. The van der Waals surface area contributed by atoms with Crippen LogP contribution in [0.1, 0.15) is 27.2 Å². The van der Waals surface area contributed by atoms with Gasteiger partial charge in [0, 0.05) is 20.8 Å². The van der Waals surface area contributed by atoms with E-state index in [9.17, 15) is 0 Å². The van der Waals surface area contributed by atoms with Crippen molar-refractivity contribution in [3.8, 4) is 18.2 Å². The molecule has 0 saturated carbocycles. The third-order valence-electron chi connectivity index (χ3n) is 0.717. The average molecular weight is 289 g/mol. The van der Waals surface area contributed by atoms with Crippen LogP contribution >= 0.6 is 0 Å². The van der Waals surface area contributed by atoms with Gasteiger partial charge in [0.1, 0.15) is 0 Å². The SMILES string of the molecule is CC#N.CC#N.CC#N.[Ru][C]1=CC=CC1. The Labute approximate surface area is 102 Å². The first-order chi connectivity index (χ1) is 7.14. The van der Waals surface area contributed by atoms with E-state index in [0.29, 0.717) is 0 Å². The molecule has 0 aromatic rings. The van der Waals surface area contributed by atoms with E-state index in [2.05, 4.69) is 36.5 Å². The molecule has 1 aliphatic carbocycles. The van der Waals surface area contributed by atoms with E-state index in [4.69, 9.17) is 15.8 Å². The molecule has 0 N–H and O–H groups in total. The third-order valence-corrected chi connectivity index (χ3v) is 1.36. The second kappa shape index (κ2) is 22.9. The maximum absolute atomic E-state index is 7.32. The zero-order valence-corrected chi connectivity index (χ0v) is 10.9. The summed E-state index contributed by atoms with van der Waals surface area (Å²) in [6.45, 7) is 4.29. The average Bonchev–Trinajstić information content (AvgIpc) is 2.60. The Hall–Kier alpha value is -1.43. The van der Waals surface area contributed by atoms with Crippen molar-refractivity contribution < 1.29 is 18.3 Å². The van der Waals surface area contributed by atoms with E-state index in [1.807, 2.05) is 0 Å². The molecule has 4 heteroatoms. The van der Waals surface area contributed by atoms with Crippen molar-refractivity contribution in [3.05, 3.63) is 22.4 Å². The van der Waals surface area contributed by atoms with E-state index in [1.54, 1.807) is 18.2 Å². The Balaban J connectivity index is -0.000000140. The Kier molecular flexibility index (Phi) is 29.3. The number of rotatable bonds is 0. The van der Waals surface area contributed by atoms with Crippen LogP contribution in [0.15, 0.2) is 22.4 Å². The van der Waals surface area contributed by atoms with Gasteiger partial charge in [-0.1, -0.05) is 0 Å². The molecule has 1 rings (SSSR count).